The Morgan fingerprint density at radius 1 is 1.17 bits per heavy atom. The second-order valence-electron chi connectivity index (χ2n) is 5.59. The van der Waals surface area contributed by atoms with Crippen LogP contribution in [0.25, 0.3) is 11.1 Å². The molecule has 0 aliphatic rings. The van der Waals surface area contributed by atoms with E-state index in [0.29, 0.717) is 5.89 Å². The molecule has 0 bridgehead atoms. The topological polar surface area (TPSA) is 67.2 Å². The van der Waals surface area contributed by atoms with Crippen molar-refractivity contribution in [2.24, 2.45) is 0 Å². The first kappa shape index (κ1) is 15.1. The third kappa shape index (κ3) is 3.34. The minimum Gasteiger partial charge on any atom is -0.441 e. The van der Waals surface area contributed by atoms with Crippen LogP contribution >= 0.6 is 0 Å². The Labute approximate surface area is 134 Å². The second kappa shape index (κ2) is 6.12. The Hall–Kier alpha value is -2.82. The Kier molecular flexibility index (Phi) is 4.02. The molecule has 1 heterocycles. The highest BCUT2D eigenvalue weighted by molar-refractivity contribution is 5.97. The predicted octanol–water partition coefficient (Wildman–Crippen LogP) is 3.88. The molecule has 1 amide bonds. The molecule has 5 heteroatoms. The van der Waals surface area contributed by atoms with Crippen molar-refractivity contribution in [1.29, 1.82) is 0 Å². The maximum atomic E-state index is 12.3. The molecular formula is C18H19N3O2. The van der Waals surface area contributed by atoms with E-state index in [2.05, 4.69) is 15.6 Å². The van der Waals surface area contributed by atoms with E-state index < -0.39 is 0 Å². The molecule has 118 valence electrons. The first-order valence-corrected chi connectivity index (χ1v) is 7.53. The molecule has 0 aliphatic heterocycles. The van der Waals surface area contributed by atoms with Crippen molar-refractivity contribution in [2.75, 3.05) is 10.6 Å². The fraction of sp³-hybridized carbons (Fsp3) is 0.222. The van der Waals surface area contributed by atoms with Crippen LogP contribution < -0.4 is 10.6 Å². The van der Waals surface area contributed by atoms with Gasteiger partial charge in [0.15, 0.2) is 11.5 Å². The largest absolute Gasteiger partial charge is 0.441 e. The Morgan fingerprint density at radius 2 is 1.96 bits per heavy atom. The van der Waals surface area contributed by atoms with Crippen LogP contribution in [0, 0.1) is 13.8 Å². The summed E-state index contributed by atoms with van der Waals surface area (Å²) in [5, 5.41) is 6.12. The summed E-state index contributed by atoms with van der Waals surface area (Å²) in [4.78, 5) is 16.6. The van der Waals surface area contributed by atoms with Gasteiger partial charge in [-0.2, -0.15) is 0 Å². The predicted molar refractivity (Wildman–Crippen MR) is 91.6 cm³/mol. The molecule has 0 saturated heterocycles. The summed E-state index contributed by atoms with van der Waals surface area (Å²) in [6.45, 7) is 5.60. The molecule has 0 unspecified atom stereocenters. The van der Waals surface area contributed by atoms with Gasteiger partial charge < -0.3 is 15.1 Å². The molecule has 3 aromatic rings. The summed E-state index contributed by atoms with van der Waals surface area (Å²) < 4.78 is 5.45. The standard InChI is InChI=1S/C18H19N3O2/c1-11-6-4-5-7-15(11)21-18(22)12(2)19-14-8-9-17-16(10-14)20-13(3)23-17/h4-10,12,19H,1-3H3,(H,21,22)/t12-/m1/s1. The molecule has 0 aliphatic carbocycles. The molecule has 1 atom stereocenters. The van der Waals surface area contributed by atoms with Gasteiger partial charge in [0.25, 0.3) is 0 Å². The van der Waals surface area contributed by atoms with Crippen LogP contribution in [0.1, 0.15) is 18.4 Å². The van der Waals surface area contributed by atoms with E-state index >= 15 is 0 Å². The molecule has 0 spiro atoms. The molecule has 1 aromatic heterocycles. The van der Waals surface area contributed by atoms with E-state index in [1.54, 1.807) is 0 Å². The average Bonchev–Trinajstić information content (AvgIpc) is 2.88. The van der Waals surface area contributed by atoms with Gasteiger partial charge in [0.2, 0.25) is 5.91 Å². The zero-order valence-electron chi connectivity index (χ0n) is 13.4. The first-order valence-electron chi connectivity index (χ1n) is 7.53. The van der Waals surface area contributed by atoms with Crippen LogP contribution in [-0.4, -0.2) is 16.9 Å². The van der Waals surface area contributed by atoms with Gasteiger partial charge in [-0.1, -0.05) is 18.2 Å². The van der Waals surface area contributed by atoms with Crippen molar-refractivity contribution in [3.63, 3.8) is 0 Å². The number of hydrogen-bond acceptors (Lipinski definition) is 4. The normalized spacial score (nSPS) is 12.1. The number of aryl methyl sites for hydroxylation is 2. The van der Waals surface area contributed by atoms with E-state index in [1.165, 1.54) is 0 Å². The van der Waals surface area contributed by atoms with Crippen molar-refractivity contribution in [1.82, 2.24) is 4.98 Å². The molecular weight excluding hydrogens is 290 g/mol. The van der Waals surface area contributed by atoms with Crippen molar-refractivity contribution in [3.8, 4) is 0 Å². The number of carbonyl (C=O) groups is 1. The van der Waals surface area contributed by atoms with Crippen molar-refractivity contribution in [2.45, 2.75) is 26.8 Å². The van der Waals surface area contributed by atoms with Gasteiger partial charge in [0, 0.05) is 18.3 Å². The Balaban J connectivity index is 1.70. The smallest absolute Gasteiger partial charge is 0.246 e. The number of aromatic nitrogens is 1. The average molecular weight is 309 g/mol. The monoisotopic (exact) mass is 309 g/mol. The number of rotatable bonds is 4. The summed E-state index contributed by atoms with van der Waals surface area (Å²) in [5.74, 6) is 0.540. The molecule has 3 rings (SSSR count). The fourth-order valence-corrected chi connectivity index (χ4v) is 2.40. The van der Waals surface area contributed by atoms with Gasteiger partial charge in [0.05, 0.1) is 0 Å². The number of nitrogens with one attached hydrogen (secondary N) is 2. The van der Waals surface area contributed by atoms with E-state index in [-0.39, 0.29) is 11.9 Å². The lowest BCUT2D eigenvalue weighted by molar-refractivity contribution is -0.116. The van der Waals surface area contributed by atoms with Gasteiger partial charge in [-0.05, 0) is 43.7 Å². The summed E-state index contributed by atoms with van der Waals surface area (Å²) in [5.41, 5.74) is 4.21. The maximum absolute atomic E-state index is 12.3. The zero-order chi connectivity index (χ0) is 16.4. The van der Waals surface area contributed by atoms with Crippen LogP contribution in [0.15, 0.2) is 46.9 Å². The van der Waals surface area contributed by atoms with Crippen LogP contribution in [-0.2, 0) is 4.79 Å². The summed E-state index contributed by atoms with van der Waals surface area (Å²) in [6, 6.07) is 12.9. The van der Waals surface area contributed by atoms with E-state index in [0.717, 1.165) is 28.0 Å². The lowest BCUT2D eigenvalue weighted by Crippen LogP contribution is -2.32. The fourth-order valence-electron chi connectivity index (χ4n) is 2.40. The van der Waals surface area contributed by atoms with Crippen LogP contribution in [0.4, 0.5) is 11.4 Å². The molecule has 5 nitrogen and oxygen atoms in total. The van der Waals surface area contributed by atoms with Gasteiger partial charge in [-0.3, -0.25) is 4.79 Å². The van der Waals surface area contributed by atoms with Gasteiger partial charge in [-0.15, -0.1) is 0 Å². The number of hydrogen-bond donors (Lipinski definition) is 2. The van der Waals surface area contributed by atoms with Gasteiger partial charge in [0.1, 0.15) is 11.6 Å². The molecule has 2 aromatic carbocycles. The SMILES string of the molecule is Cc1nc2cc(N[C@H](C)C(=O)Nc3ccccc3C)ccc2o1. The summed E-state index contributed by atoms with van der Waals surface area (Å²) in [7, 11) is 0. The lowest BCUT2D eigenvalue weighted by atomic mass is 10.2. The quantitative estimate of drug-likeness (QED) is 0.767. The van der Waals surface area contributed by atoms with Gasteiger partial charge in [-0.25, -0.2) is 4.98 Å². The minimum atomic E-state index is -0.375. The number of fused-ring (bicyclic) bond motifs is 1. The van der Waals surface area contributed by atoms with Crippen LogP contribution in [0.5, 0.6) is 0 Å². The number of anilines is 2. The van der Waals surface area contributed by atoms with Crippen molar-refractivity contribution >= 4 is 28.4 Å². The third-order valence-corrected chi connectivity index (χ3v) is 3.67. The highest BCUT2D eigenvalue weighted by atomic mass is 16.3. The maximum Gasteiger partial charge on any atom is 0.246 e. The number of amides is 1. The summed E-state index contributed by atoms with van der Waals surface area (Å²) in [6.07, 6.45) is 0. The van der Waals surface area contributed by atoms with Crippen molar-refractivity contribution < 1.29 is 9.21 Å². The van der Waals surface area contributed by atoms with E-state index in [9.17, 15) is 4.79 Å². The first-order chi connectivity index (χ1) is 11.0. The number of nitrogens with zero attached hydrogens (tertiary/aromatic N) is 1. The second-order valence-corrected chi connectivity index (χ2v) is 5.59. The molecule has 23 heavy (non-hydrogen) atoms. The van der Waals surface area contributed by atoms with Crippen LogP contribution in [0.2, 0.25) is 0 Å². The van der Waals surface area contributed by atoms with Crippen LogP contribution in [0.3, 0.4) is 0 Å². The Bertz CT molecular complexity index is 854. The highest BCUT2D eigenvalue weighted by Gasteiger charge is 2.14. The lowest BCUT2D eigenvalue weighted by Gasteiger charge is -2.16. The molecule has 2 N–H and O–H groups in total. The summed E-state index contributed by atoms with van der Waals surface area (Å²) >= 11 is 0. The number of carbonyl (C=O) groups excluding carboxylic acids is 1. The molecule has 0 radical (unpaired) electrons. The number of oxazole rings is 1. The molecule has 0 saturated carbocycles. The minimum absolute atomic E-state index is 0.0873. The number of benzene rings is 2. The third-order valence-electron chi connectivity index (χ3n) is 3.67. The van der Waals surface area contributed by atoms with E-state index in [4.69, 9.17) is 4.42 Å². The molecule has 0 fully saturated rings. The zero-order valence-corrected chi connectivity index (χ0v) is 13.4. The Morgan fingerprint density at radius 3 is 2.74 bits per heavy atom. The van der Waals surface area contributed by atoms with E-state index in [1.807, 2.05) is 63.2 Å². The number of para-hydroxylation sites is 1. The van der Waals surface area contributed by atoms with Crippen molar-refractivity contribution in [3.05, 3.63) is 53.9 Å². The van der Waals surface area contributed by atoms with Gasteiger partial charge >= 0.3 is 0 Å². The highest BCUT2D eigenvalue weighted by Crippen LogP contribution is 2.20.